The molecule has 0 bridgehead atoms. The predicted octanol–water partition coefficient (Wildman–Crippen LogP) is 3.33. The second kappa shape index (κ2) is 13.2. The highest BCUT2D eigenvalue weighted by molar-refractivity contribution is 7.80. The summed E-state index contributed by atoms with van der Waals surface area (Å²) in [7, 11) is 0. The van der Waals surface area contributed by atoms with Gasteiger partial charge in [-0.05, 0) is 50.8 Å². The van der Waals surface area contributed by atoms with Gasteiger partial charge in [-0.15, -0.1) is 11.3 Å². The number of carbonyl (C=O) groups excluding carboxylic acids is 2. The SMILES string of the molecule is CCCNC1CCc2nc(NC(=O)CCC(=O)NCCCCCCS)sc2C1. The topological polar surface area (TPSA) is 83.1 Å². The van der Waals surface area contributed by atoms with Crippen molar-refractivity contribution in [3.63, 3.8) is 0 Å². The molecule has 1 aromatic rings. The second-order valence-corrected chi connectivity index (χ2v) is 8.85. The van der Waals surface area contributed by atoms with Gasteiger partial charge >= 0.3 is 0 Å². The first-order valence-electron chi connectivity index (χ1n) is 10.5. The monoisotopic (exact) mass is 426 g/mol. The van der Waals surface area contributed by atoms with E-state index in [0.29, 0.717) is 17.7 Å². The molecule has 2 rings (SSSR count). The normalized spacial score (nSPS) is 15.9. The van der Waals surface area contributed by atoms with Crippen molar-refractivity contribution in [3.8, 4) is 0 Å². The van der Waals surface area contributed by atoms with Gasteiger partial charge in [0.05, 0.1) is 5.69 Å². The largest absolute Gasteiger partial charge is 0.356 e. The van der Waals surface area contributed by atoms with Gasteiger partial charge in [-0.1, -0.05) is 19.8 Å². The molecule has 0 spiro atoms. The lowest BCUT2D eigenvalue weighted by atomic mass is 9.98. The first kappa shape index (κ1) is 23.2. The summed E-state index contributed by atoms with van der Waals surface area (Å²) in [5, 5.41) is 9.98. The summed E-state index contributed by atoms with van der Waals surface area (Å²) in [5.74, 6) is 0.711. The molecule has 28 heavy (non-hydrogen) atoms. The standard InChI is InChI=1S/C20H34N4O2S2/c1-2-11-21-15-7-8-16-17(14-15)28-20(23-16)24-19(26)10-9-18(25)22-12-5-3-4-6-13-27/h15,21,27H,2-14H2,1H3,(H,22,25)(H,23,24,26). The first-order valence-corrected chi connectivity index (χ1v) is 12.0. The maximum atomic E-state index is 12.1. The Morgan fingerprint density at radius 3 is 2.71 bits per heavy atom. The highest BCUT2D eigenvalue weighted by Gasteiger charge is 2.22. The first-order chi connectivity index (χ1) is 13.6. The van der Waals surface area contributed by atoms with Crippen LogP contribution >= 0.6 is 24.0 Å². The Labute approximate surface area is 178 Å². The number of carbonyl (C=O) groups is 2. The smallest absolute Gasteiger partial charge is 0.226 e. The summed E-state index contributed by atoms with van der Waals surface area (Å²) in [6.45, 7) is 3.90. The molecule has 0 aromatic carbocycles. The summed E-state index contributed by atoms with van der Waals surface area (Å²) >= 11 is 5.75. The maximum absolute atomic E-state index is 12.1. The third-order valence-electron chi connectivity index (χ3n) is 4.86. The lowest BCUT2D eigenvalue weighted by molar-refractivity contribution is -0.124. The number of fused-ring (bicyclic) bond motifs is 1. The molecule has 0 fully saturated rings. The molecule has 1 heterocycles. The molecule has 1 unspecified atom stereocenters. The zero-order valence-corrected chi connectivity index (χ0v) is 18.6. The molecule has 0 saturated heterocycles. The van der Waals surface area contributed by atoms with Crippen LogP contribution in [0.2, 0.25) is 0 Å². The number of thiazole rings is 1. The van der Waals surface area contributed by atoms with Crippen molar-refractivity contribution in [2.45, 2.75) is 77.2 Å². The number of hydrogen-bond donors (Lipinski definition) is 4. The summed E-state index contributed by atoms with van der Waals surface area (Å²) < 4.78 is 0. The van der Waals surface area contributed by atoms with Gasteiger partial charge in [-0.25, -0.2) is 4.98 Å². The lowest BCUT2D eigenvalue weighted by Gasteiger charge is -2.21. The van der Waals surface area contributed by atoms with Crippen LogP contribution in [0, 0.1) is 0 Å². The molecule has 1 aliphatic rings. The number of rotatable bonds is 13. The van der Waals surface area contributed by atoms with Crippen molar-refractivity contribution in [1.82, 2.24) is 15.6 Å². The van der Waals surface area contributed by atoms with Crippen molar-refractivity contribution in [2.24, 2.45) is 0 Å². The fourth-order valence-corrected chi connectivity index (χ4v) is 4.59. The van der Waals surface area contributed by atoms with Gasteiger partial charge in [0.15, 0.2) is 5.13 Å². The molecule has 158 valence electrons. The van der Waals surface area contributed by atoms with Crippen molar-refractivity contribution in [3.05, 3.63) is 10.6 Å². The third kappa shape index (κ3) is 8.49. The van der Waals surface area contributed by atoms with E-state index >= 15 is 0 Å². The maximum Gasteiger partial charge on any atom is 0.226 e. The number of nitrogens with zero attached hydrogens (tertiary/aromatic N) is 1. The van der Waals surface area contributed by atoms with Crippen molar-refractivity contribution in [2.75, 3.05) is 24.2 Å². The van der Waals surface area contributed by atoms with Crippen molar-refractivity contribution >= 4 is 40.9 Å². The Morgan fingerprint density at radius 1 is 1.14 bits per heavy atom. The molecule has 0 radical (unpaired) electrons. The van der Waals surface area contributed by atoms with Crippen LogP contribution in [0.5, 0.6) is 0 Å². The molecule has 1 atom stereocenters. The Kier molecular flexibility index (Phi) is 10.9. The predicted molar refractivity (Wildman–Crippen MR) is 119 cm³/mol. The fourth-order valence-electron chi connectivity index (χ4n) is 3.27. The lowest BCUT2D eigenvalue weighted by Crippen LogP contribution is -2.34. The molecule has 6 nitrogen and oxygen atoms in total. The van der Waals surface area contributed by atoms with E-state index in [1.54, 1.807) is 11.3 Å². The molecule has 1 aromatic heterocycles. The number of nitrogens with one attached hydrogen (secondary N) is 3. The van der Waals surface area contributed by atoms with E-state index in [1.165, 1.54) is 4.88 Å². The van der Waals surface area contributed by atoms with Crippen LogP contribution in [0.4, 0.5) is 5.13 Å². The quantitative estimate of drug-likeness (QED) is 0.288. The van der Waals surface area contributed by atoms with E-state index in [4.69, 9.17) is 0 Å². The van der Waals surface area contributed by atoms with E-state index in [1.807, 2.05) is 0 Å². The zero-order chi connectivity index (χ0) is 20.2. The number of anilines is 1. The van der Waals surface area contributed by atoms with Crippen molar-refractivity contribution in [1.29, 1.82) is 0 Å². The Hall–Kier alpha value is -1.12. The molecule has 3 N–H and O–H groups in total. The van der Waals surface area contributed by atoms with E-state index < -0.39 is 0 Å². The number of hydrogen-bond acceptors (Lipinski definition) is 6. The summed E-state index contributed by atoms with van der Waals surface area (Å²) in [4.78, 5) is 29.8. The highest BCUT2D eigenvalue weighted by Crippen LogP contribution is 2.30. The average Bonchev–Trinajstić information content (AvgIpc) is 3.08. The van der Waals surface area contributed by atoms with E-state index in [-0.39, 0.29) is 24.7 Å². The number of thiol groups is 1. The summed E-state index contributed by atoms with van der Waals surface area (Å²) in [6, 6.07) is 0.512. The number of aromatic nitrogens is 1. The van der Waals surface area contributed by atoms with Gasteiger partial charge in [0.1, 0.15) is 0 Å². The minimum atomic E-state index is -0.143. The number of amides is 2. The summed E-state index contributed by atoms with van der Waals surface area (Å²) in [6.07, 6.45) is 8.93. The summed E-state index contributed by atoms with van der Waals surface area (Å²) in [5.41, 5.74) is 1.12. The Bertz CT molecular complexity index is 621. The fraction of sp³-hybridized carbons (Fsp3) is 0.750. The van der Waals surface area contributed by atoms with Gasteiger partial charge in [0.25, 0.3) is 0 Å². The Balaban J connectivity index is 1.64. The minimum Gasteiger partial charge on any atom is -0.356 e. The molecular weight excluding hydrogens is 392 g/mol. The second-order valence-electron chi connectivity index (χ2n) is 7.32. The van der Waals surface area contributed by atoms with Gasteiger partial charge in [0, 0.05) is 30.3 Å². The van der Waals surface area contributed by atoms with Crippen LogP contribution < -0.4 is 16.0 Å². The molecule has 0 saturated carbocycles. The van der Waals surface area contributed by atoms with Crippen molar-refractivity contribution < 1.29 is 9.59 Å². The van der Waals surface area contributed by atoms with Crippen LogP contribution in [0.1, 0.15) is 68.9 Å². The molecule has 1 aliphatic carbocycles. The minimum absolute atomic E-state index is 0.0624. The van der Waals surface area contributed by atoms with Crippen LogP contribution in [0.15, 0.2) is 0 Å². The number of unbranched alkanes of at least 4 members (excludes halogenated alkanes) is 3. The van der Waals surface area contributed by atoms with E-state index in [9.17, 15) is 9.59 Å². The van der Waals surface area contributed by atoms with Crippen LogP contribution in [-0.2, 0) is 22.4 Å². The third-order valence-corrected chi connectivity index (χ3v) is 6.21. The van der Waals surface area contributed by atoms with Crippen LogP contribution in [0.25, 0.3) is 0 Å². The highest BCUT2D eigenvalue weighted by atomic mass is 32.1. The molecule has 2 amide bonds. The van der Waals surface area contributed by atoms with Gasteiger partial charge in [0.2, 0.25) is 11.8 Å². The van der Waals surface area contributed by atoms with E-state index in [2.05, 4.69) is 40.5 Å². The molecular formula is C20H34N4O2S2. The van der Waals surface area contributed by atoms with Crippen LogP contribution in [0.3, 0.4) is 0 Å². The Morgan fingerprint density at radius 2 is 1.93 bits per heavy atom. The average molecular weight is 427 g/mol. The van der Waals surface area contributed by atoms with Crippen LogP contribution in [-0.4, -0.2) is 41.7 Å². The zero-order valence-electron chi connectivity index (χ0n) is 16.9. The number of aryl methyl sites for hydroxylation is 1. The van der Waals surface area contributed by atoms with Gasteiger partial charge in [-0.2, -0.15) is 12.6 Å². The molecule has 8 heteroatoms. The van der Waals surface area contributed by atoms with Gasteiger partial charge < -0.3 is 16.0 Å². The van der Waals surface area contributed by atoms with Gasteiger partial charge in [-0.3, -0.25) is 9.59 Å². The molecule has 0 aliphatic heterocycles. The van der Waals surface area contributed by atoms with E-state index in [0.717, 1.165) is 69.4 Å².